The molecule has 0 aliphatic heterocycles. The van der Waals surface area contributed by atoms with Crippen molar-refractivity contribution in [3.8, 4) is 0 Å². The molecule has 0 heterocycles. The quantitative estimate of drug-likeness (QED) is 0.492. The summed E-state index contributed by atoms with van der Waals surface area (Å²) in [6, 6.07) is 0. The molecular weight excluding hydrogens is 368 g/mol. The van der Waals surface area contributed by atoms with Crippen molar-refractivity contribution in [3.63, 3.8) is 0 Å². The molecule has 0 radical (unpaired) electrons. The molecule has 8 heavy (non-hydrogen) atoms. The van der Waals surface area contributed by atoms with Crippen molar-refractivity contribution < 1.29 is 13.2 Å². The molecule has 0 N–H and O–H groups in total. The zero-order valence-electron chi connectivity index (χ0n) is 3.27. The van der Waals surface area contributed by atoms with Crippen LogP contribution in [-0.4, -0.2) is 7.42 Å². The summed E-state index contributed by atoms with van der Waals surface area (Å²) in [5.74, 6) is 0. The fourth-order valence-corrected chi connectivity index (χ4v) is 0. The first-order valence-electron chi connectivity index (χ1n) is 1.38. The van der Waals surface area contributed by atoms with Crippen molar-refractivity contribution in [2.75, 3.05) is 0 Å². The first-order chi connectivity index (χ1) is 3.25. The summed E-state index contributed by atoms with van der Waals surface area (Å²) in [6.45, 7) is 0. The van der Waals surface area contributed by atoms with Crippen LogP contribution in [0.2, 0.25) is 0 Å². The van der Waals surface area contributed by atoms with E-state index in [1.54, 1.807) is 0 Å². The molecular formula is C2Br2F3I. The van der Waals surface area contributed by atoms with Crippen molar-refractivity contribution in [1.29, 1.82) is 0 Å². The standard InChI is InChI=1S/C2Br2F3I/c3-1(5,6)2(4,7)8/t2-/m1/s1. The average Bonchev–Trinajstić information content (AvgIpc) is 1.25. The van der Waals surface area contributed by atoms with E-state index in [-0.39, 0.29) is 0 Å². The molecule has 0 aromatic carbocycles. The SMILES string of the molecule is FC(F)(Br)[C@](F)(Br)I. The van der Waals surface area contributed by atoms with Crippen LogP contribution in [0, 0.1) is 0 Å². The first kappa shape index (κ1) is 9.48. The van der Waals surface area contributed by atoms with Gasteiger partial charge in [0.15, 0.2) is 0 Å². The van der Waals surface area contributed by atoms with Crippen LogP contribution in [0.4, 0.5) is 13.2 Å². The van der Waals surface area contributed by atoms with Crippen LogP contribution in [-0.2, 0) is 0 Å². The van der Waals surface area contributed by atoms with Crippen LogP contribution in [0.5, 0.6) is 0 Å². The van der Waals surface area contributed by atoms with E-state index in [9.17, 15) is 13.2 Å². The molecule has 0 saturated heterocycles. The minimum absolute atomic E-state index is 0.936. The van der Waals surface area contributed by atoms with E-state index in [2.05, 4.69) is 15.9 Å². The van der Waals surface area contributed by atoms with E-state index < -0.39 is 7.42 Å². The van der Waals surface area contributed by atoms with Crippen LogP contribution in [0.1, 0.15) is 0 Å². The molecule has 0 unspecified atom stereocenters. The zero-order chi connectivity index (χ0) is 7.00. The Kier molecular flexibility index (Phi) is 3.09. The van der Waals surface area contributed by atoms with E-state index in [1.807, 2.05) is 15.9 Å². The molecule has 0 bridgehead atoms. The lowest BCUT2D eigenvalue weighted by Crippen LogP contribution is -2.25. The summed E-state index contributed by atoms with van der Waals surface area (Å²) in [4.78, 5) is -3.51. The number of rotatable bonds is 1. The van der Waals surface area contributed by atoms with Gasteiger partial charge in [-0.25, -0.2) is 4.39 Å². The highest BCUT2D eigenvalue weighted by molar-refractivity contribution is 14.1. The van der Waals surface area contributed by atoms with Gasteiger partial charge in [0.1, 0.15) is 0 Å². The predicted molar refractivity (Wildman–Crippen MR) is 40.7 cm³/mol. The Hall–Kier alpha value is 1.48. The van der Waals surface area contributed by atoms with Crippen LogP contribution in [0.3, 0.4) is 0 Å². The van der Waals surface area contributed by atoms with Gasteiger partial charge >= 0.3 is 4.83 Å². The number of hydrogen-bond donors (Lipinski definition) is 0. The van der Waals surface area contributed by atoms with Crippen LogP contribution in [0.25, 0.3) is 0 Å². The Labute approximate surface area is 74.6 Å². The van der Waals surface area contributed by atoms with Gasteiger partial charge in [-0.2, -0.15) is 8.78 Å². The Morgan fingerprint density at radius 1 is 1.12 bits per heavy atom. The van der Waals surface area contributed by atoms with Crippen molar-refractivity contribution in [3.05, 3.63) is 0 Å². The summed E-state index contributed by atoms with van der Waals surface area (Å²) in [5, 5.41) is 0. The predicted octanol–water partition coefficient (Wildman–Crippen LogP) is 3.43. The van der Waals surface area contributed by atoms with Crippen molar-refractivity contribution in [1.82, 2.24) is 0 Å². The van der Waals surface area contributed by atoms with Crippen LogP contribution in [0.15, 0.2) is 0 Å². The summed E-state index contributed by atoms with van der Waals surface area (Å²) in [5.41, 5.74) is 0. The number of alkyl halides is 6. The summed E-state index contributed by atoms with van der Waals surface area (Å²) < 4.78 is 32.7. The van der Waals surface area contributed by atoms with Gasteiger partial charge in [-0.1, -0.05) is 0 Å². The van der Waals surface area contributed by atoms with Crippen LogP contribution < -0.4 is 0 Å². The highest BCUT2D eigenvalue weighted by atomic mass is 127. The maximum absolute atomic E-state index is 12.0. The highest BCUT2D eigenvalue weighted by Crippen LogP contribution is 2.47. The molecule has 0 aliphatic carbocycles. The molecule has 0 aromatic rings. The van der Waals surface area contributed by atoms with E-state index in [0.29, 0.717) is 0 Å². The molecule has 0 aromatic heterocycles. The van der Waals surface area contributed by atoms with Gasteiger partial charge in [0.25, 0.3) is 2.58 Å². The second kappa shape index (κ2) is 2.61. The molecule has 0 amide bonds. The third-order valence-electron chi connectivity index (χ3n) is 0.321. The minimum Gasteiger partial charge on any atom is -0.212 e. The van der Waals surface area contributed by atoms with E-state index in [4.69, 9.17) is 0 Å². The van der Waals surface area contributed by atoms with E-state index in [0.717, 1.165) is 22.6 Å². The van der Waals surface area contributed by atoms with Gasteiger partial charge < -0.3 is 0 Å². The van der Waals surface area contributed by atoms with Crippen molar-refractivity contribution in [2.45, 2.75) is 7.42 Å². The maximum atomic E-state index is 12.0. The van der Waals surface area contributed by atoms with Gasteiger partial charge in [-0.15, -0.1) is 0 Å². The normalized spacial score (nSPS) is 20.2. The number of halogens is 6. The van der Waals surface area contributed by atoms with Crippen molar-refractivity contribution >= 4 is 54.5 Å². The summed E-state index contributed by atoms with van der Waals surface area (Å²) in [7, 11) is 0. The van der Waals surface area contributed by atoms with Crippen molar-refractivity contribution in [2.24, 2.45) is 0 Å². The Morgan fingerprint density at radius 3 is 1.25 bits per heavy atom. The molecule has 0 saturated carbocycles. The lowest BCUT2D eigenvalue weighted by atomic mass is 10.8. The average molecular weight is 368 g/mol. The third-order valence-corrected chi connectivity index (χ3v) is 3.32. The molecule has 0 spiro atoms. The minimum atomic E-state index is -3.51. The molecule has 1 atom stereocenters. The fourth-order valence-electron chi connectivity index (χ4n) is 0. The second-order valence-corrected chi connectivity index (χ2v) is 6.05. The van der Waals surface area contributed by atoms with Gasteiger partial charge in [-0.05, 0) is 54.5 Å². The monoisotopic (exact) mass is 366 g/mol. The molecule has 6 heteroatoms. The first-order valence-corrected chi connectivity index (χ1v) is 4.05. The molecule has 0 aliphatic rings. The van der Waals surface area contributed by atoms with Gasteiger partial charge in [-0.3, -0.25) is 0 Å². The van der Waals surface area contributed by atoms with Gasteiger partial charge in [0.2, 0.25) is 0 Å². The largest absolute Gasteiger partial charge is 0.353 e. The number of hydrogen-bond acceptors (Lipinski definition) is 0. The molecule has 0 nitrogen and oxygen atoms in total. The highest BCUT2D eigenvalue weighted by Gasteiger charge is 2.48. The lowest BCUT2D eigenvalue weighted by molar-refractivity contribution is 0.0602. The topological polar surface area (TPSA) is 0 Å². The Balaban J connectivity index is 4.02. The Bertz CT molecular complexity index is 70.3. The zero-order valence-corrected chi connectivity index (χ0v) is 8.60. The molecule has 50 valence electrons. The van der Waals surface area contributed by atoms with Gasteiger partial charge in [0.05, 0.1) is 0 Å². The fraction of sp³-hybridized carbons (Fsp3) is 1.00. The third kappa shape index (κ3) is 2.86. The molecule has 0 fully saturated rings. The summed E-state index contributed by atoms with van der Waals surface area (Å²) >= 11 is 4.89. The van der Waals surface area contributed by atoms with E-state index >= 15 is 0 Å². The van der Waals surface area contributed by atoms with Crippen LogP contribution >= 0.6 is 54.5 Å². The van der Waals surface area contributed by atoms with E-state index in [1.165, 1.54) is 0 Å². The lowest BCUT2D eigenvalue weighted by Gasteiger charge is -2.15. The summed E-state index contributed by atoms with van der Waals surface area (Å²) in [6.07, 6.45) is 0. The second-order valence-electron chi connectivity index (χ2n) is 0.996. The maximum Gasteiger partial charge on any atom is 0.353 e. The smallest absolute Gasteiger partial charge is 0.212 e. The molecule has 0 rings (SSSR count). The van der Waals surface area contributed by atoms with Gasteiger partial charge in [0, 0.05) is 0 Å². The Morgan fingerprint density at radius 2 is 1.25 bits per heavy atom.